The van der Waals surface area contributed by atoms with Crippen LogP contribution in [0.15, 0.2) is 17.5 Å². The largest absolute Gasteiger partial charge is 0.351 e. The number of halogens is 1. The summed E-state index contributed by atoms with van der Waals surface area (Å²) in [5.74, 6) is 1.68. The van der Waals surface area contributed by atoms with Crippen LogP contribution in [0.1, 0.15) is 48.2 Å². The van der Waals surface area contributed by atoms with Crippen LogP contribution in [0.2, 0.25) is 0 Å². The van der Waals surface area contributed by atoms with Crippen molar-refractivity contribution in [2.45, 2.75) is 43.4 Å². The minimum Gasteiger partial charge on any atom is -0.351 e. The van der Waals surface area contributed by atoms with Crippen LogP contribution in [-0.4, -0.2) is 17.3 Å². The minimum atomic E-state index is 0.0394. The Labute approximate surface area is 128 Å². The summed E-state index contributed by atoms with van der Waals surface area (Å²) in [6.45, 7) is 0.811. The second kappa shape index (κ2) is 4.48. The molecule has 0 spiro atoms. The van der Waals surface area contributed by atoms with Crippen molar-refractivity contribution in [1.82, 2.24) is 5.32 Å². The minimum absolute atomic E-state index is 0.0394. The van der Waals surface area contributed by atoms with Crippen molar-refractivity contribution >= 4 is 28.8 Å². The number of hydrogen-bond acceptors (Lipinski definition) is 2. The number of hydrogen-bond donors (Lipinski definition) is 1. The third-order valence-corrected chi connectivity index (χ3v) is 6.79. The van der Waals surface area contributed by atoms with Crippen molar-refractivity contribution in [3.05, 3.63) is 22.4 Å². The van der Waals surface area contributed by atoms with E-state index in [0.717, 1.165) is 29.7 Å². The summed E-state index contributed by atoms with van der Waals surface area (Å²) >= 11 is 8.33. The Kier molecular flexibility index (Phi) is 2.94. The molecule has 0 unspecified atom stereocenters. The van der Waals surface area contributed by atoms with Gasteiger partial charge in [-0.2, -0.15) is 0 Å². The molecule has 2 atom stereocenters. The molecule has 4 heteroatoms. The Morgan fingerprint density at radius 3 is 2.70 bits per heavy atom. The first kappa shape index (κ1) is 13.1. The maximum absolute atomic E-state index is 12.1. The lowest BCUT2D eigenvalue weighted by Crippen LogP contribution is -2.56. The molecular weight excluding hydrogens is 290 g/mol. The second-order valence-electron chi connectivity index (χ2n) is 7.27. The highest BCUT2D eigenvalue weighted by Gasteiger charge is 2.56. The van der Waals surface area contributed by atoms with Gasteiger partial charge in [0.2, 0.25) is 0 Å². The monoisotopic (exact) mass is 309 g/mol. The Morgan fingerprint density at radius 1 is 1.35 bits per heavy atom. The zero-order valence-electron chi connectivity index (χ0n) is 11.5. The van der Waals surface area contributed by atoms with E-state index in [-0.39, 0.29) is 16.2 Å². The summed E-state index contributed by atoms with van der Waals surface area (Å²) in [6.07, 6.45) is 7.40. The molecule has 1 N–H and O–H groups in total. The van der Waals surface area contributed by atoms with Crippen LogP contribution in [0.3, 0.4) is 0 Å². The summed E-state index contributed by atoms with van der Waals surface area (Å²) in [5.41, 5.74) is 0.277. The van der Waals surface area contributed by atoms with Gasteiger partial charge in [0.15, 0.2) is 0 Å². The van der Waals surface area contributed by atoms with E-state index in [1.54, 1.807) is 0 Å². The predicted octanol–water partition coefficient (Wildman–Crippen LogP) is 4.06. The molecule has 4 aliphatic carbocycles. The van der Waals surface area contributed by atoms with Crippen LogP contribution < -0.4 is 5.32 Å². The third kappa shape index (κ3) is 2.19. The molecule has 0 aromatic carbocycles. The average Bonchev–Trinajstić information content (AvgIpc) is 2.86. The quantitative estimate of drug-likeness (QED) is 0.838. The maximum atomic E-state index is 12.1. The van der Waals surface area contributed by atoms with E-state index in [0.29, 0.717) is 0 Å². The summed E-state index contributed by atoms with van der Waals surface area (Å²) in [7, 11) is 0. The van der Waals surface area contributed by atoms with Crippen molar-refractivity contribution in [2.75, 3.05) is 6.54 Å². The van der Waals surface area contributed by atoms with Crippen LogP contribution in [0.5, 0.6) is 0 Å². The fourth-order valence-corrected chi connectivity index (χ4v) is 6.67. The van der Waals surface area contributed by atoms with E-state index in [4.69, 9.17) is 11.6 Å². The van der Waals surface area contributed by atoms with Gasteiger partial charge in [-0.05, 0) is 67.2 Å². The highest BCUT2D eigenvalue weighted by Crippen LogP contribution is 2.63. The molecule has 1 amide bonds. The zero-order chi connectivity index (χ0) is 13.8. The van der Waals surface area contributed by atoms with Gasteiger partial charge in [-0.15, -0.1) is 22.9 Å². The highest BCUT2D eigenvalue weighted by molar-refractivity contribution is 7.12. The molecule has 20 heavy (non-hydrogen) atoms. The fourth-order valence-electron chi connectivity index (χ4n) is 5.31. The van der Waals surface area contributed by atoms with Gasteiger partial charge in [-0.1, -0.05) is 6.07 Å². The number of carbonyl (C=O) groups excluding carboxylic acids is 1. The van der Waals surface area contributed by atoms with Gasteiger partial charge < -0.3 is 5.32 Å². The zero-order valence-corrected chi connectivity index (χ0v) is 13.1. The van der Waals surface area contributed by atoms with E-state index in [9.17, 15) is 4.79 Å². The molecule has 4 bridgehead atoms. The van der Waals surface area contributed by atoms with Crippen molar-refractivity contribution in [3.63, 3.8) is 0 Å². The SMILES string of the molecule is O=C(NCC12C[C@H]3C[C@@H](CC(Cl)(C3)C1)C2)c1cccs1. The Balaban J connectivity index is 1.47. The molecule has 1 aromatic heterocycles. The van der Waals surface area contributed by atoms with Crippen LogP contribution in [0, 0.1) is 17.3 Å². The van der Waals surface area contributed by atoms with E-state index in [1.165, 1.54) is 43.4 Å². The lowest BCUT2D eigenvalue weighted by Gasteiger charge is -2.60. The number of alkyl halides is 1. The molecule has 4 saturated carbocycles. The molecule has 4 aliphatic rings. The third-order valence-electron chi connectivity index (χ3n) is 5.48. The predicted molar refractivity (Wildman–Crippen MR) is 82.4 cm³/mol. The van der Waals surface area contributed by atoms with Crippen LogP contribution in [-0.2, 0) is 0 Å². The molecule has 1 heterocycles. The average molecular weight is 310 g/mol. The highest BCUT2D eigenvalue weighted by atomic mass is 35.5. The molecule has 4 fully saturated rings. The molecule has 0 aliphatic heterocycles. The van der Waals surface area contributed by atoms with Gasteiger partial charge in [0.05, 0.1) is 4.88 Å². The molecule has 5 rings (SSSR count). The topological polar surface area (TPSA) is 29.1 Å². The summed E-state index contributed by atoms with van der Waals surface area (Å²) in [5, 5.41) is 5.12. The van der Waals surface area contributed by atoms with Gasteiger partial charge in [0.25, 0.3) is 5.91 Å². The van der Waals surface area contributed by atoms with E-state index < -0.39 is 0 Å². The standard InChI is InChI=1S/C16H20ClNOS/c17-16-7-11-4-12(8-16)6-15(5-11,9-16)10-18-14(19)13-2-1-3-20-13/h1-3,11-12H,4-10H2,(H,18,19)/t11-,12-,15?,16?/m1/s1. The molecule has 0 radical (unpaired) electrons. The number of rotatable bonds is 3. The van der Waals surface area contributed by atoms with Crippen molar-refractivity contribution in [3.8, 4) is 0 Å². The Hall–Kier alpha value is -0.540. The molecule has 2 nitrogen and oxygen atoms in total. The number of nitrogens with one attached hydrogen (secondary N) is 1. The van der Waals surface area contributed by atoms with E-state index in [2.05, 4.69) is 5.32 Å². The fraction of sp³-hybridized carbons (Fsp3) is 0.688. The number of thiophene rings is 1. The summed E-state index contributed by atoms with van der Waals surface area (Å²) in [6, 6.07) is 3.82. The lowest BCUT2D eigenvalue weighted by molar-refractivity contribution is -0.0379. The summed E-state index contributed by atoms with van der Waals surface area (Å²) < 4.78 is 0. The van der Waals surface area contributed by atoms with Crippen molar-refractivity contribution in [2.24, 2.45) is 17.3 Å². The summed E-state index contributed by atoms with van der Waals surface area (Å²) in [4.78, 5) is 13.0. The van der Waals surface area contributed by atoms with Gasteiger partial charge >= 0.3 is 0 Å². The van der Waals surface area contributed by atoms with Crippen molar-refractivity contribution in [1.29, 1.82) is 0 Å². The van der Waals surface area contributed by atoms with Gasteiger partial charge in [-0.3, -0.25) is 4.79 Å². The Morgan fingerprint density at radius 2 is 2.10 bits per heavy atom. The maximum Gasteiger partial charge on any atom is 0.261 e. The first-order chi connectivity index (χ1) is 9.56. The molecule has 0 saturated heterocycles. The van der Waals surface area contributed by atoms with Crippen LogP contribution in [0.25, 0.3) is 0 Å². The van der Waals surface area contributed by atoms with Crippen LogP contribution >= 0.6 is 22.9 Å². The Bertz CT molecular complexity index is 513. The van der Waals surface area contributed by atoms with Gasteiger partial charge in [-0.25, -0.2) is 0 Å². The van der Waals surface area contributed by atoms with E-state index >= 15 is 0 Å². The molecule has 1 aromatic rings. The first-order valence-electron chi connectivity index (χ1n) is 7.57. The van der Waals surface area contributed by atoms with Crippen molar-refractivity contribution < 1.29 is 4.79 Å². The lowest BCUT2D eigenvalue weighted by atomic mass is 9.49. The first-order valence-corrected chi connectivity index (χ1v) is 8.82. The second-order valence-corrected chi connectivity index (χ2v) is 9.02. The number of amides is 1. The molecule has 108 valence electrons. The van der Waals surface area contributed by atoms with Crippen LogP contribution in [0.4, 0.5) is 0 Å². The smallest absolute Gasteiger partial charge is 0.261 e. The normalized spacial score (nSPS) is 41.9. The van der Waals surface area contributed by atoms with Gasteiger partial charge in [0.1, 0.15) is 0 Å². The van der Waals surface area contributed by atoms with Gasteiger partial charge in [0, 0.05) is 11.4 Å². The number of carbonyl (C=O) groups is 1. The molecular formula is C16H20ClNOS. The van der Waals surface area contributed by atoms with E-state index in [1.807, 2.05) is 17.5 Å².